The summed E-state index contributed by atoms with van der Waals surface area (Å²) < 4.78 is 0. The Balaban J connectivity index is 1.62. The number of nitrogens with zero attached hydrogens (tertiary/aromatic N) is 1. The van der Waals surface area contributed by atoms with Crippen LogP contribution in [0.5, 0.6) is 5.75 Å². The fourth-order valence-corrected chi connectivity index (χ4v) is 4.76. The largest absolute Gasteiger partial charge is 0.508 e. The van der Waals surface area contributed by atoms with E-state index in [4.69, 9.17) is 5.73 Å². The third kappa shape index (κ3) is 4.37. The molecule has 170 valence electrons. The van der Waals surface area contributed by atoms with Gasteiger partial charge in [-0.05, 0) is 59.1 Å². The Morgan fingerprint density at radius 1 is 1.12 bits per heavy atom. The number of rotatable bonds is 3. The van der Waals surface area contributed by atoms with Crippen molar-refractivity contribution in [3.8, 4) is 5.75 Å². The highest BCUT2D eigenvalue weighted by molar-refractivity contribution is 5.91. The molecule has 6 nitrogen and oxygen atoms in total. The van der Waals surface area contributed by atoms with Gasteiger partial charge in [-0.15, -0.1) is 0 Å². The van der Waals surface area contributed by atoms with E-state index in [-0.39, 0.29) is 30.2 Å². The van der Waals surface area contributed by atoms with Gasteiger partial charge < -0.3 is 21.1 Å². The van der Waals surface area contributed by atoms with Gasteiger partial charge in [0.05, 0.1) is 12.1 Å². The number of hydrogen-bond acceptors (Lipinski definition) is 4. The Morgan fingerprint density at radius 2 is 1.88 bits per heavy atom. The number of fused-ring (bicyclic) bond motifs is 2. The first-order valence-corrected chi connectivity index (χ1v) is 11.4. The molecule has 1 heterocycles. The van der Waals surface area contributed by atoms with E-state index in [1.54, 1.807) is 17.0 Å². The second-order valence-electron chi connectivity index (χ2n) is 10.1. The fourth-order valence-electron chi connectivity index (χ4n) is 4.76. The normalized spacial score (nSPS) is 21.3. The lowest BCUT2D eigenvalue weighted by Gasteiger charge is -2.40. The van der Waals surface area contributed by atoms with Crippen LogP contribution < -0.4 is 11.1 Å². The number of aryl methyl sites for hydroxylation is 1. The van der Waals surface area contributed by atoms with Gasteiger partial charge in [-0.25, -0.2) is 0 Å². The molecule has 0 saturated carbocycles. The summed E-state index contributed by atoms with van der Waals surface area (Å²) in [5.74, 6) is -0.242. The minimum absolute atomic E-state index is 0.0538. The summed E-state index contributed by atoms with van der Waals surface area (Å²) in [6.45, 7) is 6.03. The van der Waals surface area contributed by atoms with E-state index in [0.29, 0.717) is 6.42 Å². The average Bonchev–Trinajstić information content (AvgIpc) is 2.76. The van der Waals surface area contributed by atoms with Crippen molar-refractivity contribution in [1.29, 1.82) is 0 Å². The summed E-state index contributed by atoms with van der Waals surface area (Å²) in [5.41, 5.74) is 10.1. The van der Waals surface area contributed by atoms with Crippen LogP contribution in [0.4, 0.5) is 0 Å². The van der Waals surface area contributed by atoms with Crippen molar-refractivity contribution in [2.75, 3.05) is 0 Å². The Labute approximate surface area is 189 Å². The summed E-state index contributed by atoms with van der Waals surface area (Å²) in [4.78, 5) is 28.5. The molecule has 0 bridgehead atoms. The van der Waals surface area contributed by atoms with E-state index in [1.807, 2.05) is 39.0 Å². The molecule has 0 saturated heterocycles. The second kappa shape index (κ2) is 8.58. The molecule has 6 heteroatoms. The van der Waals surface area contributed by atoms with E-state index in [9.17, 15) is 14.7 Å². The molecule has 32 heavy (non-hydrogen) atoms. The van der Waals surface area contributed by atoms with Gasteiger partial charge >= 0.3 is 0 Å². The van der Waals surface area contributed by atoms with E-state index >= 15 is 0 Å². The summed E-state index contributed by atoms with van der Waals surface area (Å²) in [6, 6.07) is 12.0. The van der Waals surface area contributed by atoms with Crippen LogP contribution in [0.25, 0.3) is 0 Å². The molecule has 0 spiro atoms. The molecule has 1 aliphatic carbocycles. The number of nitrogens with one attached hydrogen (secondary N) is 1. The number of phenols is 1. The highest BCUT2D eigenvalue weighted by Crippen LogP contribution is 2.32. The summed E-state index contributed by atoms with van der Waals surface area (Å²) in [7, 11) is 0. The summed E-state index contributed by atoms with van der Waals surface area (Å²) in [5, 5.41) is 13.2. The lowest BCUT2D eigenvalue weighted by molar-refractivity contribution is -0.145. The average molecular weight is 436 g/mol. The zero-order chi connectivity index (χ0) is 23.0. The van der Waals surface area contributed by atoms with E-state index in [0.717, 1.165) is 36.0 Å². The predicted octanol–water partition coefficient (Wildman–Crippen LogP) is 3.21. The van der Waals surface area contributed by atoms with Crippen molar-refractivity contribution in [3.63, 3.8) is 0 Å². The first-order chi connectivity index (χ1) is 15.1. The van der Waals surface area contributed by atoms with E-state index in [1.165, 1.54) is 5.56 Å². The van der Waals surface area contributed by atoms with Gasteiger partial charge in [0.1, 0.15) is 11.8 Å². The summed E-state index contributed by atoms with van der Waals surface area (Å²) in [6.07, 6.45) is 3.33. The van der Waals surface area contributed by atoms with Gasteiger partial charge in [0, 0.05) is 13.0 Å². The van der Waals surface area contributed by atoms with E-state index < -0.39 is 17.5 Å². The molecule has 4 N–H and O–H groups in total. The molecular formula is C26H33N3O3. The zero-order valence-corrected chi connectivity index (χ0v) is 19.1. The van der Waals surface area contributed by atoms with Gasteiger partial charge in [-0.2, -0.15) is 0 Å². The minimum atomic E-state index is -0.730. The van der Waals surface area contributed by atoms with Crippen molar-refractivity contribution in [2.24, 2.45) is 11.1 Å². The van der Waals surface area contributed by atoms with Crippen LogP contribution >= 0.6 is 0 Å². The molecule has 0 radical (unpaired) electrons. The minimum Gasteiger partial charge on any atom is -0.508 e. The van der Waals surface area contributed by atoms with Crippen molar-refractivity contribution in [2.45, 2.75) is 71.1 Å². The molecule has 1 unspecified atom stereocenters. The number of benzene rings is 2. The number of aromatic hydroxyl groups is 1. The maximum absolute atomic E-state index is 13.5. The molecular weight excluding hydrogens is 402 g/mol. The topological polar surface area (TPSA) is 95.7 Å². The number of phenolic OH excluding ortho intramolecular Hbond substituents is 1. The van der Waals surface area contributed by atoms with Crippen LogP contribution in [0.2, 0.25) is 0 Å². The first-order valence-electron chi connectivity index (χ1n) is 11.4. The highest BCUT2D eigenvalue weighted by Gasteiger charge is 2.40. The quantitative estimate of drug-likeness (QED) is 0.690. The monoisotopic (exact) mass is 435 g/mol. The Morgan fingerprint density at radius 3 is 2.62 bits per heavy atom. The highest BCUT2D eigenvalue weighted by atomic mass is 16.3. The van der Waals surface area contributed by atoms with Gasteiger partial charge in [0.15, 0.2) is 0 Å². The number of nitrogens with two attached hydrogens (primary N) is 1. The van der Waals surface area contributed by atoms with E-state index in [2.05, 4.69) is 17.4 Å². The molecule has 0 aromatic heterocycles. The van der Waals surface area contributed by atoms with Crippen LogP contribution in [0.1, 0.15) is 61.9 Å². The van der Waals surface area contributed by atoms with Gasteiger partial charge in [-0.1, -0.05) is 51.1 Å². The third-order valence-corrected chi connectivity index (χ3v) is 6.79. The van der Waals surface area contributed by atoms with Gasteiger partial charge in [0.2, 0.25) is 11.8 Å². The molecule has 2 aromatic rings. The van der Waals surface area contributed by atoms with Gasteiger partial charge in [-0.3, -0.25) is 9.59 Å². The maximum atomic E-state index is 13.5. The molecule has 1 aliphatic heterocycles. The Bertz CT molecular complexity index is 1030. The molecule has 2 aromatic carbocycles. The SMILES string of the molecule is CC(C)(C)[C@H](N)C(=O)N1Cc2cc(O)ccc2C[C@H]1C(=O)NC1CCCc2ccccc21. The van der Waals surface area contributed by atoms with Crippen LogP contribution in [0, 0.1) is 5.41 Å². The Kier molecular flexibility index (Phi) is 5.99. The summed E-state index contributed by atoms with van der Waals surface area (Å²) >= 11 is 0. The van der Waals surface area contributed by atoms with Crippen LogP contribution in [-0.2, 0) is 29.0 Å². The Hall–Kier alpha value is -2.86. The molecule has 2 amide bonds. The fraction of sp³-hybridized carbons (Fsp3) is 0.462. The zero-order valence-electron chi connectivity index (χ0n) is 19.1. The van der Waals surface area contributed by atoms with Crippen molar-refractivity contribution in [1.82, 2.24) is 10.2 Å². The lowest BCUT2D eigenvalue weighted by Crippen LogP contribution is -2.59. The van der Waals surface area contributed by atoms with Crippen molar-refractivity contribution in [3.05, 3.63) is 64.7 Å². The number of carbonyl (C=O) groups excluding carboxylic acids is 2. The maximum Gasteiger partial charge on any atom is 0.243 e. The van der Waals surface area contributed by atoms with Crippen LogP contribution in [0.3, 0.4) is 0 Å². The molecule has 4 rings (SSSR count). The molecule has 0 fully saturated rings. The van der Waals surface area contributed by atoms with Crippen molar-refractivity contribution < 1.29 is 14.7 Å². The number of hydrogen-bond donors (Lipinski definition) is 3. The first kappa shape index (κ1) is 22.3. The lowest BCUT2D eigenvalue weighted by atomic mass is 9.84. The third-order valence-electron chi connectivity index (χ3n) is 6.79. The molecule has 3 atom stereocenters. The second-order valence-corrected chi connectivity index (χ2v) is 10.1. The number of amides is 2. The predicted molar refractivity (Wildman–Crippen MR) is 124 cm³/mol. The molecule has 2 aliphatic rings. The van der Waals surface area contributed by atoms with Crippen molar-refractivity contribution >= 4 is 11.8 Å². The van der Waals surface area contributed by atoms with Crippen LogP contribution in [0.15, 0.2) is 42.5 Å². The van der Waals surface area contributed by atoms with Gasteiger partial charge in [0.25, 0.3) is 0 Å². The standard InChI is InChI=1S/C26H33N3O3/c1-26(2,3)23(27)25(32)29-15-18-13-19(30)12-11-17(18)14-22(29)24(31)28-21-10-6-8-16-7-4-5-9-20(16)21/h4-5,7,9,11-13,21-23,30H,6,8,10,14-15,27H2,1-3H3,(H,28,31)/t21?,22-,23+/m0/s1. The number of carbonyl (C=O) groups is 2. The van der Waals surface area contributed by atoms with Crippen LogP contribution in [-0.4, -0.2) is 33.9 Å². The smallest absolute Gasteiger partial charge is 0.243 e.